The van der Waals surface area contributed by atoms with E-state index in [0.29, 0.717) is 11.6 Å². The van der Waals surface area contributed by atoms with E-state index in [-0.39, 0.29) is 5.69 Å². The Morgan fingerprint density at radius 1 is 1.56 bits per heavy atom. The Morgan fingerprint density at radius 2 is 2.33 bits per heavy atom. The first-order valence-electron chi connectivity index (χ1n) is 5.29. The molecule has 0 unspecified atom stereocenters. The fourth-order valence-electron chi connectivity index (χ4n) is 1.46. The summed E-state index contributed by atoms with van der Waals surface area (Å²) in [4.78, 5) is 15.5. The molecule has 0 spiro atoms. The van der Waals surface area contributed by atoms with Gasteiger partial charge in [0.05, 0.1) is 21.8 Å². The van der Waals surface area contributed by atoms with Crippen LogP contribution in [0.1, 0.15) is 17.4 Å². The molecule has 4 nitrogen and oxygen atoms in total. The van der Waals surface area contributed by atoms with Gasteiger partial charge in [-0.05, 0) is 35.0 Å². The number of imidazole rings is 1. The number of halogens is 2. The van der Waals surface area contributed by atoms with Gasteiger partial charge in [-0.25, -0.2) is 9.78 Å². The zero-order chi connectivity index (χ0) is 13.1. The molecular formula is C12H10BrClN2O2. The van der Waals surface area contributed by atoms with Crippen LogP contribution in [0.25, 0.3) is 5.69 Å². The monoisotopic (exact) mass is 328 g/mol. The number of carbonyl (C=O) groups is 1. The van der Waals surface area contributed by atoms with Crippen molar-refractivity contribution < 1.29 is 9.53 Å². The van der Waals surface area contributed by atoms with Crippen molar-refractivity contribution in [2.45, 2.75) is 6.92 Å². The number of esters is 1. The van der Waals surface area contributed by atoms with Crippen LogP contribution in [0.2, 0.25) is 5.02 Å². The highest BCUT2D eigenvalue weighted by atomic mass is 79.9. The molecule has 0 aliphatic heterocycles. The first-order valence-corrected chi connectivity index (χ1v) is 6.46. The molecule has 2 rings (SSSR count). The molecule has 6 heteroatoms. The number of hydrogen-bond acceptors (Lipinski definition) is 3. The number of nitrogens with zero attached hydrogens (tertiary/aromatic N) is 2. The summed E-state index contributed by atoms with van der Waals surface area (Å²) in [5.74, 6) is -0.436. The van der Waals surface area contributed by atoms with Gasteiger partial charge in [0.15, 0.2) is 5.69 Å². The Morgan fingerprint density at radius 3 is 3.06 bits per heavy atom. The van der Waals surface area contributed by atoms with Crippen molar-refractivity contribution in [1.82, 2.24) is 9.55 Å². The largest absolute Gasteiger partial charge is 0.461 e. The van der Waals surface area contributed by atoms with Crippen LogP contribution in [-0.2, 0) is 4.74 Å². The Bertz CT molecular complexity index is 583. The minimum Gasteiger partial charge on any atom is -0.461 e. The number of rotatable bonds is 3. The summed E-state index contributed by atoms with van der Waals surface area (Å²) in [5.41, 5.74) is 1.08. The van der Waals surface area contributed by atoms with E-state index >= 15 is 0 Å². The van der Waals surface area contributed by atoms with E-state index in [1.54, 1.807) is 30.1 Å². The van der Waals surface area contributed by atoms with Crippen molar-refractivity contribution in [3.05, 3.63) is 45.9 Å². The lowest BCUT2D eigenvalue weighted by atomic mass is 10.3. The summed E-state index contributed by atoms with van der Waals surface area (Å²) in [7, 11) is 0. The maximum absolute atomic E-state index is 11.5. The summed E-state index contributed by atoms with van der Waals surface area (Å²) in [5, 5.41) is 0.596. The lowest BCUT2D eigenvalue weighted by Crippen LogP contribution is -2.04. The van der Waals surface area contributed by atoms with Gasteiger partial charge in [0, 0.05) is 6.20 Å². The third-order valence-electron chi connectivity index (χ3n) is 2.28. The van der Waals surface area contributed by atoms with Gasteiger partial charge in [-0.2, -0.15) is 0 Å². The maximum atomic E-state index is 11.5. The van der Waals surface area contributed by atoms with Gasteiger partial charge in [0.2, 0.25) is 0 Å². The number of benzene rings is 1. The van der Waals surface area contributed by atoms with Gasteiger partial charge in [0.1, 0.15) is 6.33 Å². The van der Waals surface area contributed by atoms with Gasteiger partial charge >= 0.3 is 5.97 Å². The minimum absolute atomic E-state index is 0.267. The quantitative estimate of drug-likeness (QED) is 0.810. The lowest BCUT2D eigenvalue weighted by molar-refractivity contribution is 0.0520. The van der Waals surface area contributed by atoms with E-state index < -0.39 is 5.97 Å². The highest BCUT2D eigenvalue weighted by Crippen LogP contribution is 2.28. The molecule has 0 atom stereocenters. The third kappa shape index (κ3) is 2.57. The van der Waals surface area contributed by atoms with Gasteiger partial charge in [0.25, 0.3) is 0 Å². The first-order chi connectivity index (χ1) is 8.63. The lowest BCUT2D eigenvalue weighted by Gasteiger charge is -2.05. The predicted molar refractivity (Wildman–Crippen MR) is 72.2 cm³/mol. The van der Waals surface area contributed by atoms with Gasteiger partial charge in [-0.3, -0.25) is 0 Å². The van der Waals surface area contributed by atoms with E-state index in [2.05, 4.69) is 20.9 Å². The molecule has 2 aromatic rings. The molecule has 1 heterocycles. The van der Waals surface area contributed by atoms with Crippen molar-refractivity contribution in [3.63, 3.8) is 0 Å². The highest BCUT2D eigenvalue weighted by molar-refractivity contribution is 9.10. The Kier molecular flexibility index (Phi) is 4.04. The standard InChI is InChI=1S/C12H10BrClN2O2/c1-2-18-12(17)9-6-16(7-15-9)10-5-3-4-8(14)11(10)13/h3-7H,2H2,1H3. The predicted octanol–water partition coefficient (Wildman–Crippen LogP) is 3.46. The summed E-state index contributed by atoms with van der Waals surface area (Å²) >= 11 is 9.41. The highest BCUT2D eigenvalue weighted by Gasteiger charge is 2.12. The maximum Gasteiger partial charge on any atom is 0.358 e. The molecule has 94 valence electrons. The molecule has 0 fully saturated rings. The topological polar surface area (TPSA) is 44.1 Å². The van der Waals surface area contributed by atoms with E-state index in [9.17, 15) is 4.79 Å². The molecule has 0 saturated heterocycles. The van der Waals surface area contributed by atoms with Crippen LogP contribution < -0.4 is 0 Å². The fourth-order valence-corrected chi connectivity index (χ4v) is 2.10. The van der Waals surface area contributed by atoms with Crippen molar-refractivity contribution in [1.29, 1.82) is 0 Å². The average Bonchev–Trinajstić information content (AvgIpc) is 2.82. The van der Waals surface area contributed by atoms with Crippen LogP contribution in [0.5, 0.6) is 0 Å². The molecule has 0 saturated carbocycles. The molecule has 0 aliphatic carbocycles. The summed E-state index contributed by atoms with van der Waals surface area (Å²) < 4.78 is 7.34. The molecule has 1 aromatic carbocycles. The summed E-state index contributed by atoms with van der Waals surface area (Å²) in [6, 6.07) is 5.47. The fraction of sp³-hybridized carbons (Fsp3) is 0.167. The second-order valence-corrected chi connectivity index (χ2v) is 4.66. The average molecular weight is 330 g/mol. The molecule has 0 aliphatic rings. The molecular weight excluding hydrogens is 320 g/mol. The molecule has 0 N–H and O–H groups in total. The molecule has 0 bridgehead atoms. The van der Waals surface area contributed by atoms with E-state index in [4.69, 9.17) is 16.3 Å². The molecule has 18 heavy (non-hydrogen) atoms. The molecule has 1 aromatic heterocycles. The summed E-state index contributed by atoms with van der Waals surface area (Å²) in [6.07, 6.45) is 3.15. The molecule has 0 radical (unpaired) electrons. The number of aromatic nitrogens is 2. The zero-order valence-corrected chi connectivity index (χ0v) is 11.9. The van der Waals surface area contributed by atoms with Crippen LogP contribution in [0.15, 0.2) is 35.2 Å². The minimum atomic E-state index is -0.436. The zero-order valence-electron chi connectivity index (χ0n) is 9.56. The Balaban J connectivity index is 2.35. The molecule has 0 amide bonds. The van der Waals surface area contributed by atoms with Crippen LogP contribution in [0.4, 0.5) is 0 Å². The SMILES string of the molecule is CCOC(=O)c1cn(-c2cccc(Cl)c2Br)cn1. The van der Waals surface area contributed by atoms with Crippen molar-refractivity contribution >= 4 is 33.5 Å². The Hall–Kier alpha value is -1.33. The van der Waals surface area contributed by atoms with E-state index in [1.165, 1.54) is 0 Å². The van der Waals surface area contributed by atoms with Crippen molar-refractivity contribution in [2.75, 3.05) is 6.61 Å². The van der Waals surface area contributed by atoms with Crippen LogP contribution in [-0.4, -0.2) is 22.1 Å². The van der Waals surface area contributed by atoms with Gasteiger partial charge in [-0.15, -0.1) is 0 Å². The van der Waals surface area contributed by atoms with Crippen LogP contribution in [0.3, 0.4) is 0 Å². The third-order valence-corrected chi connectivity index (χ3v) is 3.65. The summed E-state index contributed by atoms with van der Waals surface area (Å²) in [6.45, 7) is 2.08. The van der Waals surface area contributed by atoms with Crippen LogP contribution >= 0.6 is 27.5 Å². The number of ether oxygens (including phenoxy) is 1. The second-order valence-electron chi connectivity index (χ2n) is 3.46. The van der Waals surface area contributed by atoms with Crippen LogP contribution in [0, 0.1) is 0 Å². The number of carbonyl (C=O) groups excluding carboxylic acids is 1. The van der Waals surface area contributed by atoms with Gasteiger partial charge in [-0.1, -0.05) is 17.7 Å². The van der Waals surface area contributed by atoms with Crippen molar-refractivity contribution in [3.8, 4) is 5.69 Å². The smallest absolute Gasteiger partial charge is 0.358 e. The van der Waals surface area contributed by atoms with Gasteiger partial charge < -0.3 is 9.30 Å². The second kappa shape index (κ2) is 5.54. The Labute approximate surface area is 118 Å². The van der Waals surface area contributed by atoms with E-state index in [0.717, 1.165) is 10.2 Å². The normalized spacial score (nSPS) is 10.4. The van der Waals surface area contributed by atoms with Crippen molar-refractivity contribution in [2.24, 2.45) is 0 Å². The van der Waals surface area contributed by atoms with E-state index in [1.807, 2.05) is 12.1 Å². The first kappa shape index (κ1) is 13.1. The number of hydrogen-bond donors (Lipinski definition) is 0.